The quantitative estimate of drug-likeness (QED) is 0.838. The van der Waals surface area contributed by atoms with Crippen molar-refractivity contribution in [3.8, 4) is 0 Å². The van der Waals surface area contributed by atoms with E-state index in [0.717, 1.165) is 20.2 Å². The van der Waals surface area contributed by atoms with Crippen molar-refractivity contribution < 1.29 is 5.11 Å². The summed E-state index contributed by atoms with van der Waals surface area (Å²) in [6.45, 7) is 0.484. The highest BCUT2D eigenvalue weighted by molar-refractivity contribution is 9.10. The average molecular weight is 371 g/mol. The van der Waals surface area contributed by atoms with Crippen LogP contribution >= 0.6 is 31.9 Å². The third kappa shape index (κ3) is 3.83. The molecule has 2 rings (SSSR count). The Morgan fingerprint density at radius 3 is 2.39 bits per heavy atom. The highest BCUT2D eigenvalue weighted by atomic mass is 79.9. The molecule has 0 fully saturated rings. The number of aliphatic hydroxyl groups is 1. The van der Waals surface area contributed by atoms with Crippen molar-refractivity contribution in [1.29, 1.82) is 0 Å². The molecule has 0 saturated carbocycles. The third-order valence-electron chi connectivity index (χ3n) is 2.58. The van der Waals surface area contributed by atoms with Crippen LogP contribution in [0, 0.1) is 0 Å². The number of benzene rings is 2. The standard InChI is InChI=1S/C14H13Br2NO/c15-11-4-6-13(7-5-11)17-9-14(18)10-2-1-3-12(16)8-10/h1-8,14,17-18H,9H2. The van der Waals surface area contributed by atoms with Crippen LogP contribution in [-0.4, -0.2) is 11.7 Å². The molecule has 1 atom stereocenters. The zero-order valence-electron chi connectivity index (χ0n) is 9.61. The smallest absolute Gasteiger partial charge is 0.0962 e. The fraction of sp³-hybridized carbons (Fsp3) is 0.143. The normalized spacial score (nSPS) is 12.2. The van der Waals surface area contributed by atoms with E-state index in [1.54, 1.807) is 0 Å². The van der Waals surface area contributed by atoms with Gasteiger partial charge in [-0.05, 0) is 42.0 Å². The van der Waals surface area contributed by atoms with Crippen LogP contribution in [0.4, 0.5) is 5.69 Å². The first kappa shape index (κ1) is 13.6. The number of rotatable bonds is 4. The lowest BCUT2D eigenvalue weighted by Gasteiger charge is -2.13. The number of nitrogens with one attached hydrogen (secondary N) is 1. The van der Waals surface area contributed by atoms with Gasteiger partial charge in [-0.15, -0.1) is 0 Å². The van der Waals surface area contributed by atoms with Crippen LogP contribution < -0.4 is 5.32 Å². The maximum absolute atomic E-state index is 10.1. The summed E-state index contributed by atoms with van der Waals surface area (Å²) in [5, 5.41) is 13.3. The molecule has 0 aliphatic heterocycles. The second-order valence-corrected chi connectivity index (χ2v) is 5.79. The van der Waals surface area contributed by atoms with Crippen molar-refractivity contribution in [3.63, 3.8) is 0 Å². The van der Waals surface area contributed by atoms with Crippen molar-refractivity contribution in [2.45, 2.75) is 6.10 Å². The fourth-order valence-corrected chi connectivity index (χ4v) is 2.30. The van der Waals surface area contributed by atoms with E-state index in [2.05, 4.69) is 37.2 Å². The van der Waals surface area contributed by atoms with Crippen molar-refractivity contribution in [2.24, 2.45) is 0 Å². The van der Waals surface area contributed by atoms with Gasteiger partial charge < -0.3 is 10.4 Å². The first-order valence-corrected chi connectivity index (χ1v) is 7.17. The van der Waals surface area contributed by atoms with Gasteiger partial charge >= 0.3 is 0 Å². The Bertz CT molecular complexity index is 513. The lowest BCUT2D eigenvalue weighted by Crippen LogP contribution is -2.11. The summed E-state index contributed by atoms with van der Waals surface area (Å²) in [6.07, 6.45) is -0.522. The largest absolute Gasteiger partial charge is 0.387 e. The minimum atomic E-state index is -0.522. The van der Waals surface area contributed by atoms with E-state index in [9.17, 15) is 5.11 Å². The van der Waals surface area contributed by atoms with Gasteiger partial charge in [0.2, 0.25) is 0 Å². The molecule has 4 heteroatoms. The maximum Gasteiger partial charge on any atom is 0.0962 e. The molecule has 2 N–H and O–H groups in total. The number of hydrogen-bond donors (Lipinski definition) is 2. The predicted octanol–water partition coefficient (Wildman–Crippen LogP) is 4.36. The van der Waals surface area contributed by atoms with Crippen molar-refractivity contribution >= 4 is 37.5 Å². The van der Waals surface area contributed by atoms with E-state index in [1.165, 1.54) is 0 Å². The number of hydrogen-bond acceptors (Lipinski definition) is 2. The molecule has 0 aliphatic rings. The van der Waals surface area contributed by atoms with Crippen molar-refractivity contribution in [1.82, 2.24) is 0 Å². The Kier molecular flexibility index (Phi) is 4.80. The first-order valence-electron chi connectivity index (χ1n) is 5.58. The van der Waals surface area contributed by atoms with Gasteiger partial charge in [0, 0.05) is 21.2 Å². The predicted molar refractivity (Wildman–Crippen MR) is 81.7 cm³/mol. The second-order valence-electron chi connectivity index (χ2n) is 3.96. The molecule has 1 unspecified atom stereocenters. The monoisotopic (exact) mass is 369 g/mol. The minimum absolute atomic E-state index is 0.484. The van der Waals surface area contributed by atoms with Crippen LogP contribution in [0.25, 0.3) is 0 Å². The highest BCUT2D eigenvalue weighted by Crippen LogP contribution is 2.19. The lowest BCUT2D eigenvalue weighted by molar-refractivity contribution is 0.191. The highest BCUT2D eigenvalue weighted by Gasteiger charge is 2.07. The van der Waals surface area contributed by atoms with Gasteiger partial charge in [0.25, 0.3) is 0 Å². The summed E-state index contributed by atoms with van der Waals surface area (Å²) < 4.78 is 2.02. The molecule has 0 aliphatic carbocycles. The molecular formula is C14H13Br2NO. The summed E-state index contributed by atoms with van der Waals surface area (Å²) in [5.74, 6) is 0. The van der Waals surface area contributed by atoms with Gasteiger partial charge in [-0.1, -0.05) is 44.0 Å². The molecule has 2 nitrogen and oxygen atoms in total. The summed E-state index contributed by atoms with van der Waals surface area (Å²) in [4.78, 5) is 0. The zero-order chi connectivity index (χ0) is 13.0. The van der Waals surface area contributed by atoms with Crippen molar-refractivity contribution in [2.75, 3.05) is 11.9 Å². The Hall–Kier alpha value is -0.840. The first-order chi connectivity index (χ1) is 8.65. The molecule has 2 aromatic carbocycles. The van der Waals surface area contributed by atoms with E-state index in [1.807, 2.05) is 48.5 Å². The van der Waals surface area contributed by atoms with Gasteiger partial charge in [-0.25, -0.2) is 0 Å². The molecule has 94 valence electrons. The lowest BCUT2D eigenvalue weighted by atomic mass is 10.1. The Morgan fingerprint density at radius 1 is 1.00 bits per heavy atom. The molecule has 0 aromatic heterocycles. The summed E-state index contributed by atoms with van der Waals surface area (Å²) >= 11 is 6.79. The zero-order valence-corrected chi connectivity index (χ0v) is 12.8. The van der Waals surface area contributed by atoms with E-state index in [0.29, 0.717) is 6.54 Å². The minimum Gasteiger partial charge on any atom is -0.387 e. The second kappa shape index (κ2) is 6.36. The summed E-state index contributed by atoms with van der Waals surface area (Å²) in [5.41, 5.74) is 1.89. The molecular weight excluding hydrogens is 358 g/mol. The third-order valence-corrected chi connectivity index (χ3v) is 3.60. The molecule has 0 saturated heterocycles. The SMILES string of the molecule is OC(CNc1ccc(Br)cc1)c1cccc(Br)c1. The topological polar surface area (TPSA) is 32.3 Å². The van der Waals surface area contributed by atoms with Gasteiger partial charge in [-0.2, -0.15) is 0 Å². The van der Waals surface area contributed by atoms with Crippen LogP contribution in [0.1, 0.15) is 11.7 Å². The van der Waals surface area contributed by atoms with E-state index in [4.69, 9.17) is 0 Å². The van der Waals surface area contributed by atoms with E-state index in [-0.39, 0.29) is 0 Å². The summed E-state index contributed by atoms with van der Waals surface area (Å²) in [7, 11) is 0. The molecule has 0 amide bonds. The number of aliphatic hydroxyl groups excluding tert-OH is 1. The summed E-state index contributed by atoms with van der Waals surface area (Å²) in [6, 6.07) is 15.6. The van der Waals surface area contributed by atoms with Crippen LogP contribution in [0.3, 0.4) is 0 Å². The average Bonchev–Trinajstić information content (AvgIpc) is 2.38. The Balaban J connectivity index is 1.96. The van der Waals surface area contributed by atoms with Crippen LogP contribution in [0.5, 0.6) is 0 Å². The van der Waals surface area contributed by atoms with E-state index >= 15 is 0 Å². The molecule has 0 radical (unpaired) electrons. The van der Waals surface area contributed by atoms with Crippen LogP contribution in [0.2, 0.25) is 0 Å². The maximum atomic E-state index is 10.1. The molecule has 0 bridgehead atoms. The van der Waals surface area contributed by atoms with Crippen molar-refractivity contribution in [3.05, 3.63) is 63.0 Å². The van der Waals surface area contributed by atoms with Gasteiger partial charge in [-0.3, -0.25) is 0 Å². The molecule has 2 aromatic rings. The molecule has 0 spiro atoms. The van der Waals surface area contributed by atoms with Gasteiger partial charge in [0.15, 0.2) is 0 Å². The number of anilines is 1. The Labute approximate surface area is 123 Å². The Morgan fingerprint density at radius 2 is 1.72 bits per heavy atom. The van der Waals surface area contributed by atoms with Crippen LogP contribution in [0.15, 0.2) is 57.5 Å². The number of halogens is 2. The molecule has 18 heavy (non-hydrogen) atoms. The molecule has 0 heterocycles. The fourth-order valence-electron chi connectivity index (χ4n) is 1.61. The van der Waals surface area contributed by atoms with E-state index < -0.39 is 6.10 Å². The van der Waals surface area contributed by atoms with Gasteiger partial charge in [0.1, 0.15) is 0 Å². The van der Waals surface area contributed by atoms with Gasteiger partial charge in [0.05, 0.1) is 6.10 Å². The van der Waals surface area contributed by atoms with Crippen LogP contribution in [-0.2, 0) is 0 Å².